The standard InChI is InChI=1S/C20H20F3N3O3S/c1-12-16(9-17(29-12)13-4-2-5-14(8-13)20(21,22)23)18(28)26-19-25-15(11-30-19)10-24-6-3-7-27/h2,4-5,8-9,11,24,27H,3,6-7,10H2,1H3,(H,25,26,28). The molecule has 30 heavy (non-hydrogen) atoms. The van der Waals surface area contributed by atoms with Crippen LogP contribution in [0.4, 0.5) is 18.3 Å². The summed E-state index contributed by atoms with van der Waals surface area (Å²) in [6, 6.07) is 6.17. The molecule has 10 heteroatoms. The average molecular weight is 439 g/mol. The van der Waals surface area contributed by atoms with Crippen LogP contribution in [0.5, 0.6) is 0 Å². The molecule has 6 nitrogen and oxygen atoms in total. The maximum atomic E-state index is 12.9. The molecule has 3 N–H and O–H groups in total. The van der Waals surface area contributed by atoms with Gasteiger partial charge in [-0.05, 0) is 38.1 Å². The van der Waals surface area contributed by atoms with E-state index in [9.17, 15) is 18.0 Å². The highest BCUT2D eigenvalue weighted by Crippen LogP contribution is 2.33. The number of nitrogens with one attached hydrogen (secondary N) is 2. The number of nitrogens with zero attached hydrogens (tertiary/aromatic N) is 1. The first-order valence-electron chi connectivity index (χ1n) is 9.13. The van der Waals surface area contributed by atoms with Crippen molar-refractivity contribution in [3.05, 3.63) is 58.3 Å². The van der Waals surface area contributed by atoms with Crippen molar-refractivity contribution in [2.75, 3.05) is 18.5 Å². The predicted octanol–water partition coefficient (Wildman–Crippen LogP) is 4.45. The Kier molecular flexibility index (Phi) is 6.91. The lowest BCUT2D eigenvalue weighted by molar-refractivity contribution is -0.137. The van der Waals surface area contributed by atoms with Gasteiger partial charge in [-0.2, -0.15) is 13.2 Å². The first kappa shape index (κ1) is 22.0. The molecule has 0 radical (unpaired) electrons. The fourth-order valence-corrected chi connectivity index (χ4v) is 3.43. The third-order valence-corrected chi connectivity index (χ3v) is 5.03. The monoisotopic (exact) mass is 439 g/mol. The number of carbonyl (C=O) groups is 1. The van der Waals surface area contributed by atoms with Gasteiger partial charge in [0.1, 0.15) is 11.5 Å². The summed E-state index contributed by atoms with van der Waals surface area (Å²) in [6.45, 7) is 2.85. The molecule has 0 atom stereocenters. The number of thiazole rings is 1. The summed E-state index contributed by atoms with van der Waals surface area (Å²) in [5, 5.41) is 16.8. The number of anilines is 1. The number of alkyl halides is 3. The van der Waals surface area contributed by atoms with Crippen LogP contribution in [-0.2, 0) is 12.7 Å². The Morgan fingerprint density at radius 1 is 1.30 bits per heavy atom. The molecule has 2 aromatic heterocycles. The van der Waals surface area contributed by atoms with E-state index in [1.807, 2.05) is 0 Å². The molecule has 0 saturated heterocycles. The van der Waals surface area contributed by atoms with Crippen LogP contribution < -0.4 is 10.6 Å². The van der Waals surface area contributed by atoms with Gasteiger partial charge in [0.15, 0.2) is 5.13 Å². The molecule has 0 saturated carbocycles. The van der Waals surface area contributed by atoms with E-state index in [2.05, 4.69) is 15.6 Å². The van der Waals surface area contributed by atoms with Crippen molar-refractivity contribution in [3.63, 3.8) is 0 Å². The Bertz CT molecular complexity index is 1010. The van der Waals surface area contributed by atoms with Gasteiger partial charge in [-0.15, -0.1) is 11.3 Å². The van der Waals surface area contributed by atoms with Crippen LogP contribution in [0.2, 0.25) is 0 Å². The number of aryl methyl sites for hydroxylation is 1. The van der Waals surface area contributed by atoms with E-state index in [-0.39, 0.29) is 23.5 Å². The molecule has 0 spiro atoms. The summed E-state index contributed by atoms with van der Waals surface area (Å²) in [5.74, 6) is 0.0163. The zero-order valence-electron chi connectivity index (χ0n) is 16.0. The Morgan fingerprint density at radius 3 is 2.83 bits per heavy atom. The number of hydrogen-bond acceptors (Lipinski definition) is 6. The minimum Gasteiger partial charge on any atom is -0.461 e. The zero-order valence-corrected chi connectivity index (χ0v) is 16.9. The van der Waals surface area contributed by atoms with Crippen molar-refractivity contribution in [2.45, 2.75) is 26.1 Å². The number of halogens is 3. The molecule has 3 aromatic rings. The number of hydrogen-bond donors (Lipinski definition) is 3. The van der Waals surface area contributed by atoms with E-state index in [1.165, 1.54) is 29.5 Å². The van der Waals surface area contributed by atoms with Crippen LogP contribution in [0.1, 0.15) is 33.8 Å². The number of benzene rings is 1. The van der Waals surface area contributed by atoms with Crippen LogP contribution >= 0.6 is 11.3 Å². The molecule has 2 heterocycles. The zero-order chi connectivity index (χ0) is 21.7. The number of aliphatic hydroxyl groups is 1. The van der Waals surface area contributed by atoms with Crippen LogP contribution in [0.25, 0.3) is 11.3 Å². The third kappa shape index (κ3) is 5.47. The maximum Gasteiger partial charge on any atom is 0.416 e. The topological polar surface area (TPSA) is 87.4 Å². The second-order valence-electron chi connectivity index (χ2n) is 6.51. The Balaban J connectivity index is 1.70. The molecular formula is C20H20F3N3O3S. The lowest BCUT2D eigenvalue weighted by atomic mass is 10.1. The van der Waals surface area contributed by atoms with Crippen molar-refractivity contribution >= 4 is 22.4 Å². The lowest BCUT2D eigenvalue weighted by Gasteiger charge is -2.07. The molecule has 0 aliphatic heterocycles. The summed E-state index contributed by atoms with van der Waals surface area (Å²) < 4.78 is 44.4. The van der Waals surface area contributed by atoms with Crippen LogP contribution in [0, 0.1) is 6.92 Å². The minimum absolute atomic E-state index is 0.109. The number of aliphatic hydroxyl groups excluding tert-OH is 1. The minimum atomic E-state index is -4.46. The second kappa shape index (κ2) is 9.41. The highest BCUT2D eigenvalue weighted by Gasteiger charge is 2.30. The summed E-state index contributed by atoms with van der Waals surface area (Å²) in [7, 11) is 0. The molecule has 0 unspecified atom stereocenters. The normalized spacial score (nSPS) is 11.6. The molecule has 0 bridgehead atoms. The van der Waals surface area contributed by atoms with E-state index in [0.29, 0.717) is 30.4 Å². The molecule has 160 valence electrons. The Morgan fingerprint density at radius 2 is 2.10 bits per heavy atom. The molecule has 1 aromatic carbocycles. The fraction of sp³-hybridized carbons (Fsp3) is 0.300. The van der Waals surface area contributed by atoms with Gasteiger partial charge in [-0.25, -0.2) is 4.98 Å². The molecule has 0 fully saturated rings. The maximum absolute atomic E-state index is 12.9. The van der Waals surface area contributed by atoms with Gasteiger partial charge in [0.05, 0.1) is 16.8 Å². The largest absolute Gasteiger partial charge is 0.461 e. The van der Waals surface area contributed by atoms with E-state index in [0.717, 1.165) is 17.8 Å². The van der Waals surface area contributed by atoms with E-state index in [1.54, 1.807) is 12.3 Å². The van der Waals surface area contributed by atoms with Gasteiger partial charge in [-0.1, -0.05) is 12.1 Å². The molecule has 0 aliphatic carbocycles. The van der Waals surface area contributed by atoms with Gasteiger partial charge in [0.2, 0.25) is 0 Å². The molecule has 3 rings (SSSR count). The van der Waals surface area contributed by atoms with Crippen LogP contribution in [0.15, 0.2) is 40.1 Å². The van der Waals surface area contributed by atoms with Crippen molar-refractivity contribution in [2.24, 2.45) is 0 Å². The van der Waals surface area contributed by atoms with Gasteiger partial charge < -0.3 is 14.8 Å². The van der Waals surface area contributed by atoms with E-state index < -0.39 is 17.6 Å². The molecular weight excluding hydrogens is 419 g/mol. The van der Waals surface area contributed by atoms with Crippen LogP contribution in [-0.4, -0.2) is 29.1 Å². The molecule has 0 aliphatic rings. The Labute approximate surface area is 174 Å². The smallest absolute Gasteiger partial charge is 0.416 e. The average Bonchev–Trinajstić information content (AvgIpc) is 3.31. The van der Waals surface area contributed by atoms with Crippen molar-refractivity contribution in [3.8, 4) is 11.3 Å². The first-order valence-corrected chi connectivity index (χ1v) is 10.0. The van der Waals surface area contributed by atoms with Crippen molar-refractivity contribution in [1.29, 1.82) is 0 Å². The molecule has 1 amide bonds. The van der Waals surface area contributed by atoms with Gasteiger partial charge in [-0.3, -0.25) is 10.1 Å². The number of amides is 1. The first-order chi connectivity index (χ1) is 14.3. The number of aromatic nitrogens is 1. The summed E-state index contributed by atoms with van der Waals surface area (Å²) >= 11 is 1.26. The van der Waals surface area contributed by atoms with E-state index in [4.69, 9.17) is 9.52 Å². The SMILES string of the molecule is Cc1oc(-c2cccc(C(F)(F)F)c2)cc1C(=O)Nc1nc(CNCCCO)cs1. The quantitative estimate of drug-likeness (QED) is 0.451. The summed E-state index contributed by atoms with van der Waals surface area (Å²) in [4.78, 5) is 16.9. The van der Waals surface area contributed by atoms with E-state index >= 15 is 0 Å². The van der Waals surface area contributed by atoms with Gasteiger partial charge >= 0.3 is 6.18 Å². The highest BCUT2D eigenvalue weighted by atomic mass is 32.1. The fourth-order valence-electron chi connectivity index (χ4n) is 2.73. The number of furan rings is 1. The van der Waals surface area contributed by atoms with Gasteiger partial charge in [0, 0.05) is 24.1 Å². The van der Waals surface area contributed by atoms with Crippen LogP contribution in [0.3, 0.4) is 0 Å². The van der Waals surface area contributed by atoms with Crippen molar-refractivity contribution in [1.82, 2.24) is 10.3 Å². The highest BCUT2D eigenvalue weighted by molar-refractivity contribution is 7.14. The Hall–Kier alpha value is -2.69. The number of carbonyl (C=O) groups excluding carboxylic acids is 1. The summed E-state index contributed by atoms with van der Waals surface area (Å²) in [5.41, 5.74) is 0.419. The lowest BCUT2D eigenvalue weighted by Crippen LogP contribution is -2.16. The number of rotatable bonds is 8. The second-order valence-corrected chi connectivity index (χ2v) is 7.37. The third-order valence-electron chi connectivity index (χ3n) is 4.23. The predicted molar refractivity (Wildman–Crippen MR) is 107 cm³/mol. The summed E-state index contributed by atoms with van der Waals surface area (Å²) in [6.07, 6.45) is -3.82. The van der Waals surface area contributed by atoms with Gasteiger partial charge in [0.25, 0.3) is 5.91 Å². The van der Waals surface area contributed by atoms with Crippen molar-refractivity contribution < 1.29 is 27.5 Å².